The topological polar surface area (TPSA) is 100 Å². The van der Waals surface area contributed by atoms with Crippen molar-refractivity contribution < 1.29 is 28.5 Å². The van der Waals surface area contributed by atoms with E-state index in [1.165, 1.54) is 6.26 Å². The molecule has 7 nitrogen and oxygen atoms in total. The molecule has 27 heavy (non-hydrogen) atoms. The third-order valence-corrected chi connectivity index (χ3v) is 4.83. The molecule has 0 aromatic rings. The highest BCUT2D eigenvalue weighted by Gasteiger charge is 2.46. The van der Waals surface area contributed by atoms with Crippen molar-refractivity contribution in [3.8, 4) is 0 Å². The summed E-state index contributed by atoms with van der Waals surface area (Å²) in [5.74, 6) is 0.638. The molecule has 3 N–H and O–H groups in total. The summed E-state index contributed by atoms with van der Waals surface area (Å²) in [6, 6.07) is 0. The number of nitrogens with two attached hydrogens (primary N) is 1. The van der Waals surface area contributed by atoms with Gasteiger partial charge in [-0.3, -0.25) is 4.79 Å². The van der Waals surface area contributed by atoms with E-state index in [1.54, 1.807) is 0 Å². The molecule has 2 rings (SSSR count). The molecule has 1 atom stereocenters. The Morgan fingerprint density at radius 2 is 1.81 bits per heavy atom. The Kier molecular flexibility index (Phi) is 7.95. The van der Waals surface area contributed by atoms with Crippen molar-refractivity contribution in [3.05, 3.63) is 23.5 Å². The lowest BCUT2D eigenvalue weighted by atomic mass is 9.85. The van der Waals surface area contributed by atoms with Gasteiger partial charge in [0.15, 0.2) is 17.3 Å². The number of rotatable bonds is 12. The van der Waals surface area contributed by atoms with Gasteiger partial charge in [0.2, 0.25) is 5.91 Å². The minimum absolute atomic E-state index is 0.0647. The summed E-state index contributed by atoms with van der Waals surface area (Å²) in [7, 11) is -0.878. The Morgan fingerprint density at radius 3 is 2.41 bits per heavy atom. The van der Waals surface area contributed by atoms with Crippen molar-refractivity contribution in [3.63, 3.8) is 0 Å². The predicted molar refractivity (Wildman–Crippen MR) is 104 cm³/mol. The van der Waals surface area contributed by atoms with Gasteiger partial charge in [-0.05, 0) is 12.8 Å². The van der Waals surface area contributed by atoms with Crippen molar-refractivity contribution >= 4 is 20.1 Å². The van der Waals surface area contributed by atoms with Crippen LogP contribution in [0.2, 0.25) is 12.6 Å². The molecule has 0 spiro atoms. The Bertz CT molecular complexity index is 582. The molecule has 2 aliphatic heterocycles. The molecule has 0 aromatic heterocycles. The smallest absolute Gasteiger partial charge is 0.528 e. The molecular formula is C18H31B2NO6. The summed E-state index contributed by atoms with van der Waals surface area (Å²) in [5, 5.41) is 11.4. The molecule has 2 heterocycles. The molecule has 150 valence electrons. The van der Waals surface area contributed by atoms with Gasteiger partial charge in [-0.25, -0.2) is 0 Å². The number of unbranched alkanes of at least 4 members (excludes halogenated alkanes) is 3. The maximum Gasteiger partial charge on any atom is 0.594 e. The predicted octanol–water partition coefficient (Wildman–Crippen LogP) is 3.12. The van der Waals surface area contributed by atoms with Gasteiger partial charge in [-0.2, -0.15) is 0 Å². The van der Waals surface area contributed by atoms with Crippen LogP contribution < -0.4 is 5.73 Å². The first-order valence-corrected chi connectivity index (χ1v) is 10.0. The molecule has 0 radical (unpaired) electrons. The molecule has 2 aliphatic rings. The van der Waals surface area contributed by atoms with E-state index in [1.807, 2.05) is 13.8 Å². The minimum Gasteiger partial charge on any atom is -0.528 e. The third-order valence-electron chi connectivity index (χ3n) is 4.83. The highest BCUT2D eigenvalue weighted by atomic mass is 16.7. The number of hydrogen-bond donors (Lipinski definition) is 2. The summed E-state index contributed by atoms with van der Waals surface area (Å²) < 4.78 is 23.0. The van der Waals surface area contributed by atoms with Crippen LogP contribution in [0.1, 0.15) is 65.7 Å². The van der Waals surface area contributed by atoms with Crippen LogP contribution in [-0.4, -0.2) is 30.9 Å². The van der Waals surface area contributed by atoms with Crippen molar-refractivity contribution in [1.82, 2.24) is 0 Å². The molecule has 0 aromatic carbocycles. The van der Waals surface area contributed by atoms with Crippen LogP contribution in [0.3, 0.4) is 0 Å². The van der Waals surface area contributed by atoms with Gasteiger partial charge < -0.3 is 29.5 Å². The Morgan fingerprint density at radius 1 is 1.07 bits per heavy atom. The second-order valence-electron chi connectivity index (χ2n) is 7.11. The van der Waals surface area contributed by atoms with Crippen LogP contribution in [-0.2, 0) is 23.4 Å². The van der Waals surface area contributed by atoms with Crippen LogP contribution >= 0.6 is 0 Å². The zero-order valence-electron chi connectivity index (χ0n) is 16.7. The molecule has 0 saturated heterocycles. The maximum absolute atomic E-state index is 11.4. The van der Waals surface area contributed by atoms with Gasteiger partial charge >= 0.3 is 14.2 Å². The lowest BCUT2D eigenvalue weighted by Gasteiger charge is -2.29. The average molecular weight is 379 g/mol. The number of primary amides is 1. The van der Waals surface area contributed by atoms with Crippen LogP contribution in [0.4, 0.5) is 0 Å². The molecule has 1 unspecified atom stereocenters. The molecule has 0 aliphatic carbocycles. The molecule has 0 bridgehead atoms. The second kappa shape index (κ2) is 9.97. The van der Waals surface area contributed by atoms with Gasteiger partial charge in [0.25, 0.3) is 0 Å². The zero-order valence-corrected chi connectivity index (χ0v) is 16.7. The van der Waals surface area contributed by atoms with Crippen LogP contribution in [0.5, 0.6) is 0 Å². The van der Waals surface area contributed by atoms with Crippen molar-refractivity contribution in [2.75, 3.05) is 0 Å². The van der Waals surface area contributed by atoms with Crippen molar-refractivity contribution in [2.45, 2.75) is 84.0 Å². The number of carbonyl (C=O) groups excluding carboxylic acids is 1. The molecule has 0 fully saturated rings. The van der Waals surface area contributed by atoms with Gasteiger partial charge in [0.05, 0.1) is 0 Å². The summed E-state index contributed by atoms with van der Waals surface area (Å²) >= 11 is 0. The average Bonchev–Trinajstić information content (AvgIpc) is 3.30. The number of aliphatic hydroxyl groups is 1. The molecule has 9 heteroatoms. The van der Waals surface area contributed by atoms with E-state index in [-0.39, 0.29) is 20.0 Å². The zero-order chi connectivity index (χ0) is 19.9. The highest BCUT2D eigenvalue weighted by Crippen LogP contribution is 2.40. The first-order chi connectivity index (χ1) is 12.9. The number of carbonyl (C=O) groups is 1. The normalized spacial score (nSPS) is 18.4. The Hall–Kier alpha value is -1.76. The largest absolute Gasteiger partial charge is 0.594 e. The van der Waals surface area contributed by atoms with Crippen LogP contribution in [0.15, 0.2) is 23.5 Å². The fraction of sp³-hybridized carbons (Fsp3) is 0.722. The van der Waals surface area contributed by atoms with E-state index in [0.717, 1.165) is 25.7 Å². The summed E-state index contributed by atoms with van der Waals surface area (Å²) in [4.78, 5) is 11.3. The Labute approximate surface area is 162 Å². The fourth-order valence-corrected chi connectivity index (χ4v) is 3.20. The van der Waals surface area contributed by atoms with Gasteiger partial charge in [-0.15, -0.1) is 0 Å². The molecule has 0 saturated carbocycles. The molecule has 1 amide bonds. The lowest BCUT2D eigenvalue weighted by molar-refractivity contribution is -0.119. The van der Waals surface area contributed by atoms with E-state index in [0.29, 0.717) is 36.3 Å². The van der Waals surface area contributed by atoms with Crippen molar-refractivity contribution in [1.29, 1.82) is 0 Å². The van der Waals surface area contributed by atoms with Crippen LogP contribution in [0.25, 0.3) is 0 Å². The summed E-state index contributed by atoms with van der Waals surface area (Å²) in [5.41, 5.74) is 3.99. The quantitative estimate of drug-likeness (QED) is 0.399. The maximum atomic E-state index is 11.4. The first-order valence-electron chi connectivity index (χ1n) is 10.0. The number of hydrogen-bond acceptors (Lipinski definition) is 6. The van der Waals surface area contributed by atoms with Crippen LogP contribution in [0, 0.1) is 0 Å². The second-order valence-corrected chi connectivity index (χ2v) is 7.11. The monoisotopic (exact) mass is 379 g/mol. The molecular weight excluding hydrogens is 348 g/mol. The fourth-order valence-electron chi connectivity index (χ4n) is 3.20. The summed E-state index contributed by atoms with van der Waals surface area (Å²) in [6.45, 7) is 6.02. The minimum atomic E-state index is -1.34. The SMILES string of the molecule is CCCCCCC(O)(CCC(N)=O)C1=C(C2=COB(CC)O2)OB(CC)O1. The number of amides is 1. The third kappa shape index (κ3) is 5.61. The van der Waals surface area contributed by atoms with E-state index in [9.17, 15) is 9.90 Å². The lowest BCUT2D eigenvalue weighted by Crippen LogP contribution is -2.35. The van der Waals surface area contributed by atoms with Gasteiger partial charge in [0.1, 0.15) is 11.9 Å². The first kappa shape index (κ1) is 21.5. The van der Waals surface area contributed by atoms with Gasteiger partial charge in [0, 0.05) is 19.1 Å². The summed E-state index contributed by atoms with van der Waals surface area (Å²) in [6.07, 6.45) is 7.50. The van der Waals surface area contributed by atoms with E-state index < -0.39 is 18.6 Å². The van der Waals surface area contributed by atoms with Crippen molar-refractivity contribution in [2.24, 2.45) is 5.73 Å². The van der Waals surface area contributed by atoms with E-state index in [4.69, 9.17) is 24.4 Å². The van der Waals surface area contributed by atoms with Gasteiger partial charge in [-0.1, -0.05) is 46.5 Å². The highest BCUT2D eigenvalue weighted by molar-refractivity contribution is 6.46. The van der Waals surface area contributed by atoms with E-state index in [2.05, 4.69) is 6.92 Å². The van der Waals surface area contributed by atoms with E-state index >= 15 is 0 Å². The standard InChI is InChI=1S/C18H31B2NO6/c1-4-7-8-9-11-18(23,12-10-15(21)22)17-16(26-20(6-3)27-17)14-13-24-19(5-2)25-14/h13,23H,4-12H2,1-3H3,(H2,21,22). The Balaban J connectivity index is 2.26.